The number of sulfonamides is 1. The molecule has 0 aliphatic carbocycles. The predicted octanol–water partition coefficient (Wildman–Crippen LogP) is 0.653. The topological polar surface area (TPSA) is 79.6 Å². The Hall–Kier alpha value is -1.34. The molecule has 1 aliphatic heterocycles. The lowest BCUT2D eigenvalue weighted by molar-refractivity contribution is -0.142. The molecular weight excluding hydrogens is 256 g/mol. The van der Waals surface area contributed by atoms with Crippen LogP contribution in [0.5, 0.6) is 0 Å². The van der Waals surface area contributed by atoms with Crippen molar-refractivity contribution in [2.24, 2.45) is 7.05 Å². The highest BCUT2D eigenvalue weighted by Crippen LogP contribution is 2.25. The number of aromatic nitrogens is 1. The molecule has 1 aromatic rings. The molecule has 100 valence electrons. The van der Waals surface area contributed by atoms with Gasteiger partial charge in [-0.3, -0.25) is 4.79 Å². The molecule has 1 aromatic heterocycles. The number of rotatable bonds is 3. The van der Waals surface area contributed by atoms with Gasteiger partial charge in [-0.1, -0.05) is 0 Å². The average Bonchev–Trinajstić information content (AvgIpc) is 2.76. The van der Waals surface area contributed by atoms with Crippen LogP contribution in [0.3, 0.4) is 0 Å². The van der Waals surface area contributed by atoms with Crippen molar-refractivity contribution < 1.29 is 18.3 Å². The zero-order valence-electron chi connectivity index (χ0n) is 10.1. The van der Waals surface area contributed by atoms with Crippen molar-refractivity contribution in [1.29, 1.82) is 0 Å². The summed E-state index contributed by atoms with van der Waals surface area (Å²) in [6, 6.07) is 0.548. The third kappa shape index (κ3) is 2.28. The van der Waals surface area contributed by atoms with E-state index < -0.39 is 22.0 Å². The first kappa shape index (κ1) is 13.1. The molecule has 1 N–H and O–H groups in total. The van der Waals surface area contributed by atoms with E-state index in [-0.39, 0.29) is 11.4 Å². The maximum absolute atomic E-state index is 12.4. The van der Waals surface area contributed by atoms with Crippen LogP contribution in [-0.4, -0.2) is 41.0 Å². The number of piperidine rings is 1. The highest BCUT2D eigenvalue weighted by Gasteiger charge is 2.37. The van der Waals surface area contributed by atoms with Gasteiger partial charge < -0.3 is 9.67 Å². The lowest BCUT2D eigenvalue weighted by Crippen LogP contribution is -2.47. The third-order valence-corrected chi connectivity index (χ3v) is 5.04. The molecular formula is C11H16N2O4S. The normalized spacial score (nSPS) is 21.9. The van der Waals surface area contributed by atoms with Gasteiger partial charge >= 0.3 is 5.97 Å². The van der Waals surface area contributed by atoms with Gasteiger partial charge in [0.05, 0.1) is 4.90 Å². The largest absolute Gasteiger partial charge is 0.480 e. The minimum Gasteiger partial charge on any atom is -0.480 e. The summed E-state index contributed by atoms with van der Waals surface area (Å²) in [7, 11) is -1.98. The highest BCUT2D eigenvalue weighted by molar-refractivity contribution is 7.89. The molecule has 7 heteroatoms. The van der Waals surface area contributed by atoms with E-state index in [1.807, 2.05) is 0 Å². The van der Waals surface area contributed by atoms with E-state index in [4.69, 9.17) is 5.11 Å². The smallest absolute Gasteiger partial charge is 0.322 e. The Morgan fingerprint density at radius 3 is 2.72 bits per heavy atom. The number of hydrogen-bond donors (Lipinski definition) is 1. The van der Waals surface area contributed by atoms with Crippen LogP contribution < -0.4 is 0 Å². The minimum atomic E-state index is -3.70. The molecule has 1 fully saturated rings. The fourth-order valence-corrected chi connectivity index (χ4v) is 3.91. The van der Waals surface area contributed by atoms with Crippen molar-refractivity contribution in [3.63, 3.8) is 0 Å². The first-order valence-corrected chi connectivity index (χ1v) is 7.23. The standard InChI is InChI=1S/C11H16N2O4S/c1-12-7-5-9(8-12)18(16,17)13-6-3-2-4-10(13)11(14)15/h5,7-8,10H,2-4,6H2,1H3,(H,14,15)/t10-/m1/s1. The molecule has 18 heavy (non-hydrogen) atoms. The molecule has 2 heterocycles. The average molecular weight is 272 g/mol. The second-order valence-corrected chi connectivity index (χ2v) is 6.37. The van der Waals surface area contributed by atoms with Crippen LogP contribution in [0.25, 0.3) is 0 Å². The van der Waals surface area contributed by atoms with Gasteiger partial charge in [-0.25, -0.2) is 8.42 Å². The number of aliphatic carboxylic acids is 1. The Kier molecular flexibility index (Phi) is 3.45. The lowest BCUT2D eigenvalue weighted by atomic mass is 10.1. The quantitative estimate of drug-likeness (QED) is 0.876. The van der Waals surface area contributed by atoms with E-state index in [2.05, 4.69) is 0 Å². The number of carbonyl (C=O) groups is 1. The Balaban J connectivity index is 2.36. The van der Waals surface area contributed by atoms with Crippen LogP contribution >= 0.6 is 0 Å². The number of carboxylic acid groups (broad SMARTS) is 1. The number of aryl methyl sites for hydroxylation is 1. The maximum atomic E-state index is 12.4. The summed E-state index contributed by atoms with van der Waals surface area (Å²) in [5.74, 6) is -1.07. The fourth-order valence-electron chi connectivity index (χ4n) is 2.21. The van der Waals surface area contributed by atoms with Crippen molar-refractivity contribution in [3.05, 3.63) is 18.5 Å². The zero-order valence-corrected chi connectivity index (χ0v) is 10.9. The number of nitrogens with zero attached hydrogens (tertiary/aromatic N) is 2. The highest BCUT2D eigenvalue weighted by atomic mass is 32.2. The van der Waals surface area contributed by atoms with Gasteiger partial charge in [0.2, 0.25) is 10.0 Å². The first-order valence-electron chi connectivity index (χ1n) is 5.79. The van der Waals surface area contributed by atoms with Crippen molar-refractivity contribution in [1.82, 2.24) is 8.87 Å². The van der Waals surface area contributed by atoms with Crippen LogP contribution in [0.1, 0.15) is 19.3 Å². The second kappa shape index (κ2) is 4.74. The van der Waals surface area contributed by atoms with E-state index >= 15 is 0 Å². The summed E-state index contributed by atoms with van der Waals surface area (Å²) in [5, 5.41) is 9.11. The van der Waals surface area contributed by atoms with Gasteiger partial charge in [0.25, 0.3) is 0 Å². The minimum absolute atomic E-state index is 0.151. The summed E-state index contributed by atoms with van der Waals surface area (Å²) < 4.78 is 27.5. The molecule has 1 saturated heterocycles. The van der Waals surface area contributed by atoms with Gasteiger partial charge in [-0.15, -0.1) is 0 Å². The Morgan fingerprint density at radius 1 is 1.44 bits per heavy atom. The summed E-state index contributed by atoms with van der Waals surface area (Å²) in [5.41, 5.74) is 0. The van der Waals surface area contributed by atoms with E-state index in [9.17, 15) is 13.2 Å². The molecule has 0 bridgehead atoms. The van der Waals surface area contributed by atoms with Gasteiger partial charge in [-0.05, 0) is 25.3 Å². The van der Waals surface area contributed by atoms with Crippen molar-refractivity contribution in [2.45, 2.75) is 30.2 Å². The molecule has 0 unspecified atom stereocenters. The van der Waals surface area contributed by atoms with Crippen LogP contribution in [-0.2, 0) is 21.9 Å². The summed E-state index contributed by atoms with van der Waals surface area (Å²) in [6.45, 7) is 0.272. The van der Waals surface area contributed by atoms with Crippen LogP contribution in [0.4, 0.5) is 0 Å². The van der Waals surface area contributed by atoms with E-state index in [1.54, 1.807) is 17.8 Å². The summed E-state index contributed by atoms with van der Waals surface area (Å²) in [4.78, 5) is 11.3. The Labute approximate surface area is 106 Å². The van der Waals surface area contributed by atoms with Crippen molar-refractivity contribution in [2.75, 3.05) is 6.54 Å². The van der Waals surface area contributed by atoms with E-state index in [0.717, 1.165) is 10.7 Å². The molecule has 1 aliphatic rings. The molecule has 1 atom stereocenters. The first-order chi connectivity index (χ1) is 8.43. The fraction of sp³-hybridized carbons (Fsp3) is 0.545. The maximum Gasteiger partial charge on any atom is 0.322 e. The molecule has 0 radical (unpaired) electrons. The molecule has 0 aromatic carbocycles. The van der Waals surface area contributed by atoms with Crippen LogP contribution in [0.2, 0.25) is 0 Å². The summed E-state index contributed by atoms with van der Waals surface area (Å²) in [6.07, 6.45) is 4.95. The van der Waals surface area contributed by atoms with Gasteiger partial charge in [0.1, 0.15) is 6.04 Å². The second-order valence-electron chi connectivity index (χ2n) is 4.48. The monoisotopic (exact) mass is 272 g/mol. The van der Waals surface area contributed by atoms with E-state index in [0.29, 0.717) is 12.8 Å². The summed E-state index contributed by atoms with van der Waals surface area (Å²) >= 11 is 0. The zero-order chi connectivity index (χ0) is 13.3. The molecule has 0 amide bonds. The van der Waals surface area contributed by atoms with Gasteiger partial charge in [-0.2, -0.15) is 4.31 Å². The molecule has 6 nitrogen and oxygen atoms in total. The van der Waals surface area contributed by atoms with Crippen molar-refractivity contribution in [3.8, 4) is 0 Å². The van der Waals surface area contributed by atoms with Crippen molar-refractivity contribution >= 4 is 16.0 Å². The van der Waals surface area contributed by atoms with E-state index in [1.165, 1.54) is 12.3 Å². The Morgan fingerprint density at radius 2 is 2.17 bits per heavy atom. The van der Waals surface area contributed by atoms with Gasteiger partial charge in [0, 0.05) is 26.0 Å². The molecule has 0 saturated carbocycles. The van der Waals surface area contributed by atoms with Crippen LogP contribution in [0, 0.1) is 0 Å². The van der Waals surface area contributed by atoms with Crippen LogP contribution in [0.15, 0.2) is 23.4 Å². The lowest BCUT2D eigenvalue weighted by Gasteiger charge is -2.31. The molecule has 0 spiro atoms. The SMILES string of the molecule is Cn1ccc(S(=O)(=O)N2CCCC[C@@H]2C(=O)O)c1. The predicted molar refractivity (Wildman–Crippen MR) is 64.6 cm³/mol. The number of hydrogen-bond acceptors (Lipinski definition) is 3. The number of carboxylic acids is 1. The molecule has 2 rings (SSSR count). The third-order valence-electron chi connectivity index (χ3n) is 3.15. The van der Waals surface area contributed by atoms with Gasteiger partial charge in [0.15, 0.2) is 0 Å². The Bertz CT molecular complexity index is 549.